The monoisotopic (exact) mass is 215 g/mol. The van der Waals surface area contributed by atoms with Crippen LogP contribution in [0, 0.1) is 0 Å². The molecule has 2 rings (SSSR count). The van der Waals surface area contributed by atoms with Crippen LogP contribution in [0.3, 0.4) is 0 Å². The molecule has 14 heavy (non-hydrogen) atoms. The number of hydrogen-bond acceptors (Lipinski definition) is 3. The van der Waals surface area contributed by atoms with E-state index in [9.17, 15) is 13.8 Å². The van der Waals surface area contributed by atoms with Crippen LogP contribution < -0.4 is 0 Å². The van der Waals surface area contributed by atoms with Crippen LogP contribution in [0.5, 0.6) is 0 Å². The number of rotatable bonds is 1. The number of aliphatic carboxylic acids is 1. The van der Waals surface area contributed by atoms with Gasteiger partial charge in [-0.05, 0) is 13.0 Å². The van der Waals surface area contributed by atoms with E-state index in [1.165, 1.54) is 11.0 Å². The van der Waals surface area contributed by atoms with Crippen LogP contribution in [0.15, 0.2) is 11.0 Å². The average molecular weight is 215 g/mol. The lowest BCUT2D eigenvalue weighted by molar-refractivity contribution is -0.155. The van der Waals surface area contributed by atoms with Gasteiger partial charge in [0.25, 0.3) is 0 Å². The highest BCUT2D eigenvalue weighted by atomic mass is 32.2. The highest BCUT2D eigenvalue weighted by molar-refractivity contribution is 7.89. The Labute approximate surface area is 82.8 Å². The van der Waals surface area contributed by atoms with Gasteiger partial charge < -0.3 is 10.0 Å². The maximum Gasteiger partial charge on any atom is 0.330 e. The molecule has 0 aromatic rings. The molecule has 6 heteroatoms. The lowest BCUT2D eigenvalue weighted by Gasteiger charge is -2.45. The maximum atomic E-state index is 11.6. The van der Waals surface area contributed by atoms with E-state index in [2.05, 4.69) is 0 Å². The number of β-lactam (4-membered cyclic amide) rings is 1. The lowest BCUT2D eigenvalue weighted by atomic mass is 10.1. The molecule has 2 heterocycles. The molecule has 1 amide bonds. The first-order valence-electron chi connectivity index (χ1n) is 4.15. The molecule has 0 saturated carbocycles. The number of carboxylic acids is 1. The van der Waals surface area contributed by atoms with Gasteiger partial charge in [0, 0.05) is 4.91 Å². The molecule has 0 aromatic carbocycles. The van der Waals surface area contributed by atoms with Crippen molar-refractivity contribution >= 4 is 22.7 Å². The first kappa shape index (κ1) is 9.39. The molecule has 0 aliphatic carbocycles. The second-order valence-corrected chi connectivity index (χ2v) is 5.10. The first-order chi connectivity index (χ1) is 6.52. The van der Waals surface area contributed by atoms with E-state index in [1.54, 1.807) is 6.92 Å². The Balaban J connectivity index is 2.38. The van der Waals surface area contributed by atoms with Gasteiger partial charge in [0.2, 0.25) is 5.91 Å². The zero-order valence-corrected chi connectivity index (χ0v) is 8.28. The van der Waals surface area contributed by atoms with Gasteiger partial charge in [0.15, 0.2) is 0 Å². The van der Waals surface area contributed by atoms with Crippen LogP contribution in [-0.4, -0.2) is 37.5 Å². The smallest absolute Gasteiger partial charge is 0.330 e. The summed E-state index contributed by atoms with van der Waals surface area (Å²) in [5.74, 6) is -1.31. The summed E-state index contributed by atoms with van der Waals surface area (Å²) < 4.78 is 11.6. The summed E-state index contributed by atoms with van der Waals surface area (Å²) in [4.78, 5) is 23.7. The number of nitrogens with zero attached hydrogens (tertiary/aromatic N) is 1. The highest BCUT2D eigenvalue weighted by Gasteiger charge is 2.49. The van der Waals surface area contributed by atoms with Gasteiger partial charge >= 0.3 is 5.97 Å². The molecule has 5 nitrogen and oxygen atoms in total. The second kappa shape index (κ2) is 2.91. The Morgan fingerprint density at radius 2 is 2.36 bits per heavy atom. The fraction of sp³-hybridized carbons (Fsp3) is 0.500. The first-order valence-corrected chi connectivity index (χ1v) is 5.36. The van der Waals surface area contributed by atoms with Crippen LogP contribution in [0.4, 0.5) is 0 Å². The number of amides is 1. The molecule has 1 fully saturated rings. The molecule has 0 radical (unpaired) electrons. The van der Waals surface area contributed by atoms with E-state index in [4.69, 9.17) is 5.11 Å². The quantitative estimate of drug-likeness (QED) is 0.607. The van der Waals surface area contributed by atoms with Crippen molar-refractivity contribution in [1.82, 2.24) is 4.90 Å². The van der Waals surface area contributed by atoms with Gasteiger partial charge in [-0.3, -0.25) is 9.00 Å². The minimum atomic E-state index is -1.23. The zero-order valence-electron chi connectivity index (χ0n) is 7.47. The molecular weight excluding hydrogens is 206 g/mol. The third-order valence-corrected chi connectivity index (χ3v) is 4.12. The molecule has 0 bridgehead atoms. The third-order valence-electron chi connectivity index (χ3n) is 2.46. The van der Waals surface area contributed by atoms with E-state index in [1.807, 2.05) is 0 Å². The summed E-state index contributed by atoms with van der Waals surface area (Å²) in [6.45, 7) is 1.63. The minimum Gasteiger partial charge on any atom is -0.479 e. The SMILES string of the molecule is CC1=CC(C(=O)O)N2C(=O)C[C@H]2S1=O. The number of fused-ring (bicyclic) bond motifs is 1. The van der Waals surface area contributed by atoms with Gasteiger partial charge in [-0.25, -0.2) is 4.79 Å². The van der Waals surface area contributed by atoms with Gasteiger partial charge in [0.05, 0.1) is 17.2 Å². The van der Waals surface area contributed by atoms with Crippen molar-refractivity contribution < 1.29 is 18.9 Å². The fourth-order valence-electron chi connectivity index (χ4n) is 1.69. The van der Waals surface area contributed by atoms with Gasteiger partial charge in [-0.15, -0.1) is 0 Å². The minimum absolute atomic E-state index is 0.196. The van der Waals surface area contributed by atoms with Gasteiger partial charge in [0.1, 0.15) is 11.4 Å². The number of hydrogen-bond donors (Lipinski definition) is 1. The largest absolute Gasteiger partial charge is 0.479 e. The van der Waals surface area contributed by atoms with Crippen LogP contribution >= 0.6 is 0 Å². The Morgan fingerprint density at radius 1 is 1.71 bits per heavy atom. The van der Waals surface area contributed by atoms with Gasteiger partial charge in [-0.1, -0.05) is 0 Å². The van der Waals surface area contributed by atoms with Crippen LogP contribution in [-0.2, 0) is 20.4 Å². The summed E-state index contributed by atoms with van der Waals surface area (Å²) in [7, 11) is -1.23. The average Bonchev–Trinajstić information content (AvgIpc) is 2.09. The summed E-state index contributed by atoms with van der Waals surface area (Å²) in [6, 6.07) is -0.932. The molecule has 76 valence electrons. The number of carboxylic acid groups (broad SMARTS) is 1. The third kappa shape index (κ3) is 1.10. The summed E-state index contributed by atoms with van der Waals surface area (Å²) >= 11 is 0. The lowest BCUT2D eigenvalue weighted by Crippen LogP contribution is -2.62. The highest BCUT2D eigenvalue weighted by Crippen LogP contribution is 2.33. The van der Waals surface area contributed by atoms with Crippen molar-refractivity contribution in [3.8, 4) is 0 Å². The zero-order chi connectivity index (χ0) is 10.5. The second-order valence-electron chi connectivity index (χ2n) is 3.32. The predicted molar refractivity (Wildman–Crippen MR) is 48.6 cm³/mol. The number of carbonyl (C=O) groups excluding carboxylic acids is 1. The van der Waals surface area contributed by atoms with E-state index in [-0.39, 0.29) is 12.3 Å². The Hall–Kier alpha value is -1.17. The topological polar surface area (TPSA) is 74.7 Å². The van der Waals surface area contributed by atoms with Crippen molar-refractivity contribution in [3.05, 3.63) is 11.0 Å². The van der Waals surface area contributed by atoms with E-state index in [0.717, 1.165) is 0 Å². The van der Waals surface area contributed by atoms with Crippen molar-refractivity contribution in [2.75, 3.05) is 0 Å². The standard InChI is InChI=1S/C8H9NO4S/c1-4-2-5(8(11)12)9-6(10)3-7(9)14(4)13/h2,5,7H,3H2,1H3,(H,11,12)/t5?,7-,14?/m1/s1. The van der Waals surface area contributed by atoms with E-state index >= 15 is 0 Å². The Kier molecular flexibility index (Phi) is 1.95. The fourth-order valence-corrected chi connectivity index (χ4v) is 3.13. The molecule has 3 atom stereocenters. The molecule has 1 saturated heterocycles. The summed E-state index contributed by atoms with van der Waals surface area (Å²) in [5.41, 5.74) is 0. The molecular formula is C8H9NO4S. The maximum absolute atomic E-state index is 11.6. The normalized spacial score (nSPS) is 35.8. The molecule has 0 spiro atoms. The Bertz CT molecular complexity index is 376. The van der Waals surface area contributed by atoms with Crippen molar-refractivity contribution in [1.29, 1.82) is 0 Å². The molecule has 1 N–H and O–H groups in total. The van der Waals surface area contributed by atoms with E-state index in [0.29, 0.717) is 4.91 Å². The Morgan fingerprint density at radius 3 is 2.86 bits per heavy atom. The van der Waals surface area contributed by atoms with Crippen molar-refractivity contribution in [2.24, 2.45) is 0 Å². The van der Waals surface area contributed by atoms with Gasteiger partial charge in [-0.2, -0.15) is 0 Å². The number of carbonyl (C=O) groups is 2. The molecule has 2 unspecified atom stereocenters. The van der Waals surface area contributed by atoms with Crippen LogP contribution in [0.25, 0.3) is 0 Å². The van der Waals surface area contributed by atoms with Crippen molar-refractivity contribution in [3.63, 3.8) is 0 Å². The van der Waals surface area contributed by atoms with E-state index < -0.39 is 28.2 Å². The molecule has 2 aliphatic rings. The molecule has 0 aromatic heterocycles. The van der Waals surface area contributed by atoms with Crippen LogP contribution in [0.2, 0.25) is 0 Å². The van der Waals surface area contributed by atoms with Crippen LogP contribution in [0.1, 0.15) is 13.3 Å². The molecule has 2 aliphatic heterocycles. The predicted octanol–water partition coefficient (Wildman–Crippen LogP) is -0.336. The summed E-state index contributed by atoms with van der Waals surface area (Å²) in [6.07, 6.45) is 1.58. The summed E-state index contributed by atoms with van der Waals surface area (Å²) in [5, 5.41) is 8.42. The number of allylic oxidation sites excluding steroid dienone is 1. The van der Waals surface area contributed by atoms with Crippen molar-refractivity contribution in [2.45, 2.75) is 24.8 Å².